The molecule has 3 heterocycles. The Labute approximate surface area is 216 Å². The van der Waals surface area contributed by atoms with Gasteiger partial charge in [0.2, 0.25) is 10.0 Å². The largest absolute Gasteiger partial charge is 0.399 e. The van der Waals surface area contributed by atoms with E-state index in [-0.39, 0.29) is 23.3 Å². The van der Waals surface area contributed by atoms with Gasteiger partial charge >= 0.3 is 5.69 Å². The number of halogens is 1. The predicted molar refractivity (Wildman–Crippen MR) is 144 cm³/mol. The minimum atomic E-state index is -3.97. The number of fused-ring (bicyclic) bond motifs is 2. The highest BCUT2D eigenvalue weighted by atomic mass is 79.9. The van der Waals surface area contributed by atoms with E-state index in [1.54, 1.807) is 57.8 Å². The molecule has 1 amide bonds. The molecule has 0 atom stereocenters. The molecule has 4 N–H and O–H groups in total. The Hall–Kier alpha value is -3.68. The number of hydrogen-bond donors (Lipinski definition) is 3. The first kappa shape index (κ1) is 24.0. The first-order chi connectivity index (χ1) is 17.0. The summed E-state index contributed by atoms with van der Waals surface area (Å²) in [5, 5.41) is 3.90. The van der Waals surface area contributed by atoms with E-state index >= 15 is 0 Å². The number of H-pyrrole nitrogens is 1. The number of anilines is 1. The molecule has 184 valence electrons. The highest BCUT2D eigenvalue weighted by Gasteiger charge is 2.28. The number of thiophene rings is 1. The maximum absolute atomic E-state index is 13.5. The number of benzene rings is 2. The summed E-state index contributed by atoms with van der Waals surface area (Å²) in [4.78, 5) is 42.8. The van der Waals surface area contributed by atoms with Gasteiger partial charge in [0.05, 0.1) is 28.4 Å². The zero-order chi connectivity index (χ0) is 25.8. The second-order valence-electron chi connectivity index (χ2n) is 8.16. The lowest BCUT2D eigenvalue weighted by Gasteiger charge is -2.13. The van der Waals surface area contributed by atoms with Crippen molar-refractivity contribution in [2.75, 3.05) is 12.0 Å². The van der Waals surface area contributed by atoms with Crippen molar-refractivity contribution in [3.63, 3.8) is 0 Å². The third kappa shape index (κ3) is 4.25. The maximum atomic E-state index is 13.5. The molecule has 10 nitrogen and oxygen atoms in total. The molecule has 0 spiro atoms. The number of sulfonamides is 1. The lowest BCUT2D eigenvalue weighted by Crippen LogP contribution is -2.37. The van der Waals surface area contributed by atoms with E-state index in [9.17, 15) is 22.8 Å². The quantitative estimate of drug-likeness (QED) is 0.269. The van der Waals surface area contributed by atoms with Crippen molar-refractivity contribution in [2.45, 2.75) is 6.54 Å². The molecule has 0 aliphatic carbocycles. The van der Waals surface area contributed by atoms with E-state index in [1.165, 1.54) is 11.3 Å². The van der Waals surface area contributed by atoms with Crippen LogP contribution in [0.1, 0.15) is 16.1 Å². The van der Waals surface area contributed by atoms with Gasteiger partial charge in [0.15, 0.2) is 0 Å². The summed E-state index contributed by atoms with van der Waals surface area (Å²) in [5.74, 6) is -0.986. The molecule has 0 aliphatic heterocycles. The van der Waals surface area contributed by atoms with Crippen LogP contribution in [0.5, 0.6) is 0 Å². The monoisotopic (exact) mass is 587 g/mol. The third-order valence-electron chi connectivity index (χ3n) is 5.55. The van der Waals surface area contributed by atoms with Crippen molar-refractivity contribution < 1.29 is 13.2 Å². The van der Waals surface area contributed by atoms with Crippen molar-refractivity contribution in [3.05, 3.63) is 89.8 Å². The van der Waals surface area contributed by atoms with Crippen LogP contribution in [0.2, 0.25) is 0 Å². The van der Waals surface area contributed by atoms with Gasteiger partial charge in [-0.2, -0.15) is 0 Å². The standard InChI is InChI=1S/C23H18BrN5O5S2/c1-36(33,34)27-21(30)20-19(29-22(31)16-10-35-11-17(16)26-23(29)32)15-8-13(24)5-6-18(15)28(20)9-12-3-2-4-14(25)7-12/h2-8,10-11H,9,25H2,1H3,(H,26,32)(H,27,30). The van der Waals surface area contributed by atoms with Crippen molar-refractivity contribution in [1.29, 1.82) is 0 Å². The van der Waals surface area contributed by atoms with Gasteiger partial charge in [0.1, 0.15) is 5.69 Å². The van der Waals surface area contributed by atoms with Gasteiger partial charge in [-0.1, -0.05) is 28.1 Å². The minimum Gasteiger partial charge on any atom is -0.399 e. The fourth-order valence-corrected chi connectivity index (χ4v) is 5.72. The Kier molecular flexibility index (Phi) is 5.85. The molecule has 0 bridgehead atoms. The van der Waals surface area contributed by atoms with Crippen molar-refractivity contribution in [2.24, 2.45) is 0 Å². The van der Waals surface area contributed by atoms with Gasteiger partial charge < -0.3 is 15.3 Å². The van der Waals surface area contributed by atoms with Gasteiger partial charge in [-0.25, -0.2) is 22.5 Å². The number of carbonyl (C=O) groups excluding carboxylic acids is 1. The summed E-state index contributed by atoms with van der Waals surface area (Å²) in [5.41, 5.74) is 6.45. The smallest absolute Gasteiger partial charge is 0.333 e. The van der Waals surface area contributed by atoms with Crippen LogP contribution in [0.15, 0.2) is 67.3 Å². The van der Waals surface area contributed by atoms with E-state index in [0.29, 0.717) is 26.6 Å². The Morgan fingerprint density at radius 2 is 1.92 bits per heavy atom. The Morgan fingerprint density at radius 3 is 2.64 bits per heavy atom. The predicted octanol–water partition coefficient (Wildman–Crippen LogP) is 2.78. The topological polar surface area (TPSA) is 149 Å². The zero-order valence-corrected chi connectivity index (χ0v) is 21.8. The molecule has 0 unspecified atom stereocenters. The van der Waals surface area contributed by atoms with E-state index in [4.69, 9.17) is 5.73 Å². The molecular weight excluding hydrogens is 570 g/mol. The number of carbonyl (C=O) groups is 1. The minimum absolute atomic E-state index is 0.0318. The summed E-state index contributed by atoms with van der Waals surface area (Å²) in [6.07, 6.45) is 0.850. The Balaban J connectivity index is 1.92. The molecule has 0 saturated heterocycles. The number of nitrogens with zero attached hydrogens (tertiary/aromatic N) is 2. The number of hydrogen-bond acceptors (Lipinski definition) is 7. The molecule has 0 aliphatic rings. The summed E-state index contributed by atoms with van der Waals surface area (Å²) in [6, 6.07) is 12.1. The summed E-state index contributed by atoms with van der Waals surface area (Å²) in [7, 11) is -3.97. The average molecular weight is 588 g/mol. The number of amides is 1. The van der Waals surface area contributed by atoms with Crippen LogP contribution in [-0.4, -0.2) is 34.7 Å². The maximum Gasteiger partial charge on any atom is 0.333 e. The third-order valence-corrected chi connectivity index (χ3v) is 7.34. The van der Waals surface area contributed by atoms with Crippen LogP contribution in [0.4, 0.5) is 5.69 Å². The molecular formula is C23H18BrN5O5S2. The van der Waals surface area contributed by atoms with Gasteiger partial charge in [-0.3, -0.25) is 9.59 Å². The molecule has 36 heavy (non-hydrogen) atoms. The lowest BCUT2D eigenvalue weighted by molar-refractivity contribution is 0.0973. The van der Waals surface area contributed by atoms with Crippen molar-refractivity contribution in [1.82, 2.24) is 18.8 Å². The Bertz CT molecular complexity index is 1920. The molecule has 13 heteroatoms. The van der Waals surface area contributed by atoms with Crippen LogP contribution in [0, 0.1) is 0 Å². The number of rotatable bonds is 5. The van der Waals surface area contributed by atoms with E-state index in [2.05, 4.69) is 20.9 Å². The number of aromatic amines is 1. The van der Waals surface area contributed by atoms with Crippen LogP contribution in [0.25, 0.3) is 27.5 Å². The van der Waals surface area contributed by atoms with Gasteiger partial charge in [0.25, 0.3) is 11.5 Å². The molecule has 5 aromatic rings. The fourth-order valence-electron chi connectivity index (χ4n) is 4.17. The van der Waals surface area contributed by atoms with Gasteiger partial charge in [-0.05, 0) is 35.9 Å². The highest BCUT2D eigenvalue weighted by molar-refractivity contribution is 9.10. The van der Waals surface area contributed by atoms with E-state index < -0.39 is 27.2 Å². The van der Waals surface area contributed by atoms with E-state index in [1.807, 2.05) is 4.72 Å². The summed E-state index contributed by atoms with van der Waals surface area (Å²) in [6.45, 7) is 0.114. The number of nitrogen functional groups attached to an aromatic ring is 1. The second-order valence-corrected chi connectivity index (χ2v) is 11.6. The van der Waals surface area contributed by atoms with Crippen molar-refractivity contribution >= 4 is 70.7 Å². The van der Waals surface area contributed by atoms with Crippen LogP contribution >= 0.6 is 27.3 Å². The molecule has 2 aromatic carbocycles. The van der Waals surface area contributed by atoms with Crippen LogP contribution in [-0.2, 0) is 16.6 Å². The van der Waals surface area contributed by atoms with E-state index in [0.717, 1.165) is 16.4 Å². The second kappa shape index (κ2) is 8.76. The normalized spacial score (nSPS) is 11.8. The van der Waals surface area contributed by atoms with Crippen LogP contribution < -0.4 is 21.7 Å². The van der Waals surface area contributed by atoms with Crippen LogP contribution in [0.3, 0.4) is 0 Å². The number of nitrogens with one attached hydrogen (secondary N) is 2. The van der Waals surface area contributed by atoms with Gasteiger partial charge in [-0.15, -0.1) is 11.3 Å². The number of nitrogens with two attached hydrogens (primary N) is 1. The highest BCUT2D eigenvalue weighted by Crippen LogP contribution is 2.32. The zero-order valence-electron chi connectivity index (χ0n) is 18.6. The fraction of sp³-hybridized carbons (Fsp3) is 0.0870. The molecule has 3 aromatic heterocycles. The number of aromatic nitrogens is 3. The summed E-state index contributed by atoms with van der Waals surface area (Å²) < 4.78 is 29.1. The average Bonchev–Trinajstić information content (AvgIpc) is 3.36. The molecule has 0 radical (unpaired) electrons. The first-order valence-electron chi connectivity index (χ1n) is 10.4. The first-order valence-corrected chi connectivity index (χ1v) is 14.1. The molecule has 0 fully saturated rings. The van der Waals surface area contributed by atoms with Gasteiger partial charge in [0, 0.05) is 32.9 Å². The van der Waals surface area contributed by atoms with Crippen molar-refractivity contribution in [3.8, 4) is 5.69 Å². The SMILES string of the molecule is CS(=O)(=O)NC(=O)c1c(-n2c(=O)[nH]c3cscc3c2=O)c2cc(Br)ccc2n1Cc1cccc(N)c1. The molecule has 0 saturated carbocycles. The summed E-state index contributed by atoms with van der Waals surface area (Å²) >= 11 is 4.66. The molecule has 5 rings (SSSR count). The lowest BCUT2D eigenvalue weighted by atomic mass is 10.2. The Morgan fingerprint density at radius 1 is 1.14 bits per heavy atom.